The quantitative estimate of drug-likeness (QED) is 0.747. The van der Waals surface area contributed by atoms with E-state index in [4.69, 9.17) is 10.5 Å². The third kappa shape index (κ3) is 3.28. The number of hydrogen-bond acceptors (Lipinski definition) is 6. The highest BCUT2D eigenvalue weighted by atomic mass is 16.5. The summed E-state index contributed by atoms with van der Waals surface area (Å²) in [5, 5.41) is 6.31. The van der Waals surface area contributed by atoms with Crippen LogP contribution in [0, 0.1) is 0 Å². The Morgan fingerprint density at radius 2 is 1.75 bits per heavy atom. The van der Waals surface area contributed by atoms with Gasteiger partial charge in [-0.1, -0.05) is 12.1 Å². The average Bonchev–Trinajstić information content (AvgIpc) is 2.49. The second-order valence-corrected chi connectivity index (χ2v) is 4.22. The summed E-state index contributed by atoms with van der Waals surface area (Å²) in [7, 11) is 1.65. The second-order valence-electron chi connectivity index (χ2n) is 4.22. The lowest BCUT2D eigenvalue weighted by Crippen LogP contribution is -2.09. The highest BCUT2D eigenvalue weighted by Crippen LogP contribution is 2.22. The number of ether oxygens (including phenoxy) is 1. The number of rotatable bonds is 6. The molecule has 0 unspecified atom stereocenters. The molecule has 2 aromatic rings. The lowest BCUT2D eigenvalue weighted by molar-refractivity contribution is 0.414. The van der Waals surface area contributed by atoms with E-state index in [2.05, 4.69) is 20.6 Å². The third-order valence-corrected chi connectivity index (χ3v) is 2.85. The molecule has 0 fully saturated rings. The topological polar surface area (TPSA) is 85.1 Å². The number of anilines is 3. The SMILES string of the molecule is CCNc1ncnc(NCc2ccc(OC)cc2)c1N. The predicted molar refractivity (Wildman–Crippen MR) is 80.9 cm³/mol. The molecule has 0 amide bonds. The smallest absolute Gasteiger partial charge is 0.155 e. The molecule has 1 heterocycles. The number of methoxy groups -OCH3 is 1. The Bertz CT molecular complexity index is 556. The molecule has 0 aliphatic heterocycles. The van der Waals surface area contributed by atoms with E-state index in [-0.39, 0.29) is 0 Å². The van der Waals surface area contributed by atoms with Crippen molar-refractivity contribution in [1.82, 2.24) is 9.97 Å². The molecule has 0 atom stereocenters. The number of nitrogen functional groups attached to an aromatic ring is 1. The summed E-state index contributed by atoms with van der Waals surface area (Å²) in [4.78, 5) is 8.26. The van der Waals surface area contributed by atoms with E-state index in [1.54, 1.807) is 7.11 Å². The van der Waals surface area contributed by atoms with Gasteiger partial charge in [-0.25, -0.2) is 9.97 Å². The summed E-state index contributed by atoms with van der Waals surface area (Å²) >= 11 is 0. The van der Waals surface area contributed by atoms with Crippen molar-refractivity contribution in [3.05, 3.63) is 36.2 Å². The van der Waals surface area contributed by atoms with Crippen molar-refractivity contribution >= 4 is 17.3 Å². The van der Waals surface area contributed by atoms with Crippen molar-refractivity contribution in [2.45, 2.75) is 13.5 Å². The highest BCUT2D eigenvalue weighted by molar-refractivity contribution is 5.73. The number of nitrogens with zero attached hydrogens (tertiary/aromatic N) is 2. The van der Waals surface area contributed by atoms with Gasteiger partial charge in [-0.05, 0) is 24.6 Å². The van der Waals surface area contributed by atoms with Crippen molar-refractivity contribution < 1.29 is 4.74 Å². The Hall–Kier alpha value is -2.50. The monoisotopic (exact) mass is 273 g/mol. The van der Waals surface area contributed by atoms with Gasteiger partial charge in [0.15, 0.2) is 11.6 Å². The van der Waals surface area contributed by atoms with Crippen LogP contribution in [0.25, 0.3) is 0 Å². The molecule has 6 heteroatoms. The number of nitrogens with one attached hydrogen (secondary N) is 2. The number of benzene rings is 1. The fraction of sp³-hybridized carbons (Fsp3) is 0.286. The molecule has 106 valence electrons. The van der Waals surface area contributed by atoms with Gasteiger partial charge in [0, 0.05) is 13.1 Å². The van der Waals surface area contributed by atoms with Crippen LogP contribution in [0.15, 0.2) is 30.6 Å². The minimum atomic E-state index is 0.530. The predicted octanol–water partition coefficient (Wildman–Crippen LogP) is 2.11. The van der Waals surface area contributed by atoms with Gasteiger partial charge in [0.05, 0.1) is 7.11 Å². The van der Waals surface area contributed by atoms with Gasteiger partial charge in [0.1, 0.15) is 17.8 Å². The van der Waals surface area contributed by atoms with Gasteiger partial charge in [0.2, 0.25) is 0 Å². The second kappa shape index (κ2) is 6.60. The minimum absolute atomic E-state index is 0.530. The summed E-state index contributed by atoms with van der Waals surface area (Å²) in [6.07, 6.45) is 1.49. The molecule has 20 heavy (non-hydrogen) atoms. The van der Waals surface area contributed by atoms with Gasteiger partial charge in [-0.15, -0.1) is 0 Å². The Labute approximate surface area is 118 Å². The molecule has 1 aromatic carbocycles. The third-order valence-electron chi connectivity index (χ3n) is 2.85. The van der Waals surface area contributed by atoms with E-state index in [0.29, 0.717) is 23.9 Å². The molecule has 0 radical (unpaired) electrons. The van der Waals surface area contributed by atoms with Crippen LogP contribution in [0.4, 0.5) is 17.3 Å². The van der Waals surface area contributed by atoms with Crippen molar-refractivity contribution in [3.8, 4) is 5.75 Å². The van der Waals surface area contributed by atoms with E-state index in [9.17, 15) is 0 Å². The zero-order valence-electron chi connectivity index (χ0n) is 11.7. The molecular weight excluding hydrogens is 254 g/mol. The first-order valence-corrected chi connectivity index (χ1v) is 6.45. The molecule has 2 rings (SSSR count). The first kappa shape index (κ1) is 13.9. The molecule has 0 saturated heterocycles. The molecule has 0 aliphatic carbocycles. The molecule has 1 aromatic heterocycles. The Balaban J connectivity index is 2.04. The van der Waals surface area contributed by atoms with Gasteiger partial charge in [0.25, 0.3) is 0 Å². The van der Waals surface area contributed by atoms with Crippen LogP contribution in [0.2, 0.25) is 0 Å². The molecule has 6 nitrogen and oxygen atoms in total. The normalized spacial score (nSPS) is 10.1. The van der Waals surface area contributed by atoms with E-state index in [0.717, 1.165) is 17.9 Å². The minimum Gasteiger partial charge on any atom is -0.497 e. The van der Waals surface area contributed by atoms with Crippen molar-refractivity contribution in [2.75, 3.05) is 30.0 Å². The van der Waals surface area contributed by atoms with Crippen molar-refractivity contribution in [1.29, 1.82) is 0 Å². The average molecular weight is 273 g/mol. The highest BCUT2D eigenvalue weighted by Gasteiger charge is 2.06. The first-order chi connectivity index (χ1) is 9.74. The Morgan fingerprint density at radius 1 is 1.10 bits per heavy atom. The van der Waals surface area contributed by atoms with Crippen LogP contribution in [-0.2, 0) is 6.54 Å². The molecule has 4 N–H and O–H groups in total. The van der Waals surface area contributed by atoms with E-state index < -0.39 is 0 Å². The zero-order chi connectivity index (χ0) is 14.4. The van der Waals surface area contributed by atoms with Gasteiger partial charge < -0.3 is 21.1 Å². The summed E-state index contributed by atoms with van der Waals surface area (Å²) in [5.74, 6) is 2.12. The van der Waals surface area contributed by atoms with E-state index in [1.807, 2.05) is 31.2 Å². The van der Waals surface area contributed by atoms with Gasteiger partial charge in [-0.3, -0.25) is 0 Å². The summed E-state index contributed by atoms with van der Waals surface area (Å²) in [6.45, 7) is 3.39. The Morgan fingerprint density at radius 3 is 2.35 bits per heavy atom. The summed E-state index contributed by atoms with van der Waals surface area (Å²) in [6, 6.07) is 7.83. The Kier molecular flexibility index (Phi) is 4.60. The summed E-state index contributed by atoms with van der Waals surface area (Å²) < 4.78 is 5.12. The zero-order valence-corrected chi connectivity index (χ0v) is 11.7. The van der Waals surface area contributed by atoms with Gasteiger partial charge in [-0.2, -0.15) is 0 Å². The maximum absolute atomic E-state index is 6.01. The lowest BCUT2D eigenvalue weighted by atomic mass is 10.2. The molecule has 0 bridgehead atoms. The fourth-order valence-electron chi connectivity index (χ4n) is 1.77. The molecule has 0 spiro atoms. The number of hydrogen-bond donors (Lipinski definition) is 3. The van der Waals surface area contributed by atoms with Crippen molar-refractivity contribution in [2.24, 2.45) is 0 Å². The number of aromatic nitrogens is 2. The van der Waals surface area contributed by atoms with Crippen LogP contribution >= 0.6 is 0 Å². The molecule has 0 aliphatic rings. The number of nitrogens with two attached hydrogens (primary N) is 1. The van der Waals surface area contributed by atoms with Crippen molar-refractivity contribution in [3.63, 3.8) is 0 Å². The maximum Gasteiger partial charge on any atom is 0.155 e. The van der Waals surface area contributed by atoms with Crippen LogP contribution in [0.3, 0.4) is 0 Å². The van der Waals surface area contributed by atoms with Crippen LogP contribution in [-0.4, -0.2) is 23.6 Å². The molecular formula is C14H19N5O. The standard InChI is InChI=1S/C14H19N5O/c1-3-16-13-12(15)14(19-9-18-13)17-8-10-4-6-11(20-2)7-5-10/h4-7,9H,3,8,15H2,1-2H3,(H2,16,17,18,19). The lowest BCUT2D eigenvalue weighted by Gasteiger charge is -2.11. The van der Waals surface area contributed by atoms with E-state index in [1.165, 1.54) is 6.33 Å². The van der Waals surface area contributed by atoms with Crippen LogP contribution in [0.1, 0.15) is 12.5 Å². The summed E-state index contributed by atoms with van der Waals surface area (Å²) in [5.41, 5.74) is 7.66. The van der Waals surface area contributed by atoms with Gasteiger partial charge >= 0.3 is 0 Å². The fourth-order valence-corrected chi connectivity index (χ4v) is 1.77. The molecule has 0 saturated carbocycles. The largest absolute Gasteiger partial charge is 0.497 e. The van der Waals surface area contributed by atoms with Crippen LogP contribution in [0.5, 0.6) is 5.75 Å². The maximum atomic E-state index is 6.01. The first-order valence-electron chi connectivity index (χ1n) is 6.45. The van der Waals surface area contributed by atoms with E-state index >= 15 is 0 Å². The van der Waals surface area contributed by atoms with Crippen LogP contribution < -0.4 is 21.1 Å².